The summed E-state index contributed by atoms with van der Waals surface area (Å²) in [5.74, 6) is -0.661. The Hall–Kier alpha value is -1.52. The lowest BCUT2D eigenvalue weighted by Gasteiger charge is -2.14. The van der Waals surface area contributed by atoms with Gasteiger partial charge < -0.3 is 10.4 Å². The first kappa shape index (κ1) is 11.6. The molecule has 0 saturated heterocycles. The van der Waals surface area contributed by atoms with Crippen LogP contribution in [0.3, 0.4) is 0 Å². The Morgan fingerprint density at radius 2 is 2.40 bits per heavy atom. The molecule has 4 nitrogen and oxygen atoms in total. The maximum absolute atomic E-state index is 10.9. The molecule has 0 aliphatic rings. The van der Waals surface area contributed by atoms with Crippen molar-refractivity contribution in [2.24, 2.45) is 0 Å². The van der Waals surface area contributed by atoms with E-state index in [9.17, 15) is 4.79 Å². The predicted molar refractivity (Wildman–Crippen MR) is 60.0 cm³/mol. The lowest BCUT2D eigenvalue weighted by atomic mass is 9.97. The number of rotatable bonds is 4. The van der Waals surface area contributed by atoms with Crippen LogP contribution in [0.4, 0.5) is 5.82 Å². The largest absolute Gasteiger partial charge is 0.478 e. The minimum absolute atomic E-state index is 0.107. The zero-order chi connectivity index (χ0) is 11.4. The van der Waals surface area contributed by atoms with Crippen LogP contribution < -0.4 is 10.8 Å². The summed E-state index contributed by atoms with van der Waals surface area (Å²) in [5.41, 5.74) is 0.456. The molecule has 0 aliphatic carbocycles. The van der Waals surface area contributed by atoms with E-state index in [2.05, 4.69) is 10.3 Å². The van der Waals surface area contributed by atoms with Gasteiger partial charge in [-0.2, -0.15) is 0 Å². The standard InChI is InChI=1S/C10H13BN2O2/c1-3-6(2)13-9-8(10(14)15)4-7(11)5-12-9/h4-6H,3H2,1-2H3,(H,12,13)(H,14,15)/t6-/m1/s1. The first-order chi connectivity index (χ1) is 7.04. The predicted octanol–water partition coefficient (Wildman–Crippen LogP) is 0.784. The number of pyridine rings is 1. The lowest BCUT2D eigenvalue weighted by molar-refractivity contribution is 0.0697. The molecule has 2 radical (unpaired) electrons. The van der Waals surface area contributed by atoms with Gasteiger partial charge in [-0.3, -0.25) is 0 Å². The Bertz CT molecular complexity index is 368. The summed E-state index contributed by atoms with van der Waals surface area (Å²) in [5, 5.41) is 12.0. The number of aromatic nitrogens is 1. The van der Waals surface area contributed by atoms with Gasteiger partial charge in [-0.05, 0) is 19.4 Å². The van der Waals surface area contributed by atoms with Crippen LogP contribution in [0, 0.1) is 0 Å². The zero-order valence-corrected chi connectivity index (χ0v) is 8.82. The van der Waals surface area contributed by atoms with E-state index in [1.54, 1.807) is 0 Å². The van der Waals surface area contributed by atoms with Gasteiger partial charge in [0, 0.05) is 12.2 Å². The SMILES string of the molecule is [B]c1cnc(N[C@H](C)CC)c(C(=O)O)c1. The normalized spacial score (nSPS) is 12.1. The maximum atomic E-state index is 10.9. The quantitative estimate of drug-likeness (QED) is 0.711. The average molecular weight is 204 g/mol. The first-order valence-corrected chi connectivity index (χ1v) is 4.80. The molecule has 5 heteroatoms. The monoisotopic (exact) mass is 204 g/mol. The smallest absolute Gasteiger partial charge is 0.339 e. The van der Waals surface area contributed by atoms with Crippen molar-refractivity contribution < 1.29 is 9.90 Å². The lowest BCUT2D eigenvalue weighted by Crippen LogP contribution is -2.19. The molecule has 78 valence electrons. The summed E-state index contributed by atoms with van der Waals surface area (Å²) in [6.07, 6.45) is 2.34. The third-order valence-corrected chi connectivity index (χ3v) is 2.13. The van der Waals surface area contributed by atoms with Gasteiger partial charge in [-0.25, -0.2) is 9.78 Å². The molecule has 0 aromatic carbocycles. The maximum Gasteiger partial charge on any atom is 0.339 e. The van der Waals surface area contributed by atoms with E-state index in [4.69, 9.17) is 13.0 Å². The van der Waals surface area contributed by atoms with Gasteiger partial charge in [0.15, 0.2) is 0 Å². The zero-order valence-electron chi connectivity index (χ0n) is 8.82. The number of nitrogens with zero attached hydrogens (tertiary/aromatic N) is 1. The highest BCUT2D eigenvalue weighted by molar-refractivity contribution is 6.32. The van der Waals surface area contributed by atoms with Gasteiger partial charge in [0.1, 0.15) is 19.2 Å². The molecule has 1 aromatic heterocycles. The second-order valence-corrected chi connectivity index (χ2v) is 3.42. The summed E-state index contributed by atoms with van der Waals surface area (Å²) < 4.78 is 0. The Morgan fingerprint density at radius 1 is 1.73 bits per heavy atom. The number of hydrogen-bond donors (Lipinski definition) is 2. The van der Waals surface area contributed by atoms with Crippen LogP contribution in [0.25, 0.3) is 0 Å². The van der Waals surface area contributed by atoms with Gasteiger partial charge in [-0.15, -0.1) is 0 Å². The molecule has 1 heterocycles. The van der Waals surface area contributed by atoms with Gasteiger partial charge in [-0.1, -0.05) is 12.4 Å². The molecule has 0 unspecified atom stereocenters. The van der Waals surface area contributed by atoms with E-state index in [1.807, 2.05) is 13.8 Å². The Morgan fingerprint density at radius 3 is 2.93 bits per heavy atom. The van der Waals surface area contributed by atoms with Crippen LogP contribution in [-0.2, 0) is 0 Å². The van der Waals surface area contributed by atoms with Gasteiger partial charge >= 0.3 is 5.97 Å². The summed E-state index contributed by atoms with van der Waals surface area (Å²) in [6.45, 7) is 3.97. The van der Waals surface area contributed by atoms with E-state index in [-0.39, 0.29) is 11.6 Å². The molecule has 0 fully saturated rings. The van der Waals surface area contributed by atoms with E-state index in [1.165, 1.54) is 12.3 Å². The molecule has 2 N–H and O–H groups in total. The second-order valence-electron chi connectivity index (χ2n) is 3.42. The van der Waals surface area contributed by atoms with Crippen molar-refractivity contribution in [1.82, 2.24) is 4.98 Å². The third-order valence-electron chi connectivity index (χ3n) is 2.13. The molecule has 1 rings (SSSR count). The van der Waals surface area contributed by atoms with Crippen LogP contribution in [0.1, 0.15) is 30.6 Å². The summed E-state index contributed by atoms with van der Waals surface area (Å²) in [7, 11) is 5.47. The Balaban J connectivity index is 3.01. The molecule has 0 aliphatic heterocycles. The van der Waals surface area contributed by atoms with E-state index in [0.717, 1.165) is 6.42 Å². The van der Waals surface area contributed by atoms with Crippen LogP contribution in [0.15, 0.2) is 12.3 Å². The topological polar surface area (TPSA) is 62.2 Å². The molecule has 0 saturated carbocycles. The highest BCUT2D eigenvalue weighted by Crippen LogP contribution is 2.12. The fraction of sp³-hybridized carbons (Fsp3) is 0.400. The average Bonchev–Trinajstić information content (AvgIpc) is 2.20. The highest BCUT2D eigenvalue weighted by Gasteiger charge is 2.12. The Labute approximate surface area is 90.1 Å². The first-order valence-electron chi connectivity index (χ1n) is 4.80. The van der Waals surface area contributed by atoms with Crippen molar-refractivity contribution in [1.29, 1.82) is 0 Å². The van der Waals surface area contributed by atoms with Crippen LogP contribution in [0.5, 0.6) is 0 Å². The minimum Gasteiger partial charge on any atom is -0.478 e. The number of carboxylic acid groups (broad SMARTS) is 1. The minimum atomic E-state index is -1.03. The summed E-state index contributed by atoms with van der Waals surface area (Å²) in [4.78, 5) is 14.9. The van der Waals surface area contributed by atoms with E-state index >= 15 is 0 Å². The summed E-state index contributed by atoms with van der Waals surface area (Å²) in [6, 6.07) is 1.58. The van der Waals surface area contributed by atoms with Gasteiger partial charge in [0.2, 0.25) is 0 Å². The Kier molecular flexibility index (Phi) is 3.71. The number of carbonyl (C=O) groups is 1. The number of nitrogens with one attached hydrogen (secondary N) is 1. The molecule has 1 atom stereocenters. The molecular formula is C10H13BN2O2. The number of aromatic carboxylic acids is 1. The fourth-order valence-electron chi connectivity index (χ4n) is 1.09. The molecular weight excluding hydrogens is 191 g/mol. The van der Waals surface area contributed by atoms with Crippen molar-refractivity contribution >= 4 is 25.1 Å². The molecule has 15 heavy (non-hydrogen) atoms. The van der Waals surface area contributed by atoms with Crippen LogP contribution in [-0.4, -0.2) is 29.9 Å². The highest BCUT2D eigenvalue weighted by atomic mass is 16.4. The van der Waals surface area contributed by atoms with Crippen molar-refractivity contribution in [2.45, 2.75) is 26.3 Å². The molecule has 0 amide bonds. The van der Waals surface area contributed by atoms with Crippen molar-refractivity contribution in [3.8, 4) is 0 Å². The van der Waals surface area contributed by atoms with Crippen LogP contribution >= 0.6 is 0 Å². The number of anilines is 1. The molecule has 0 bridgehead atoms. The summed E-state index contributed by atoms with van der Waals surface area (Å²) >= 11 is 0. The van der Waals surface area contributed by atoms with Crippen LogP contribution in [0.2, 0.25) is 0 Å². The van der Waals surface area contributed by atoms with Crippen molar-refractivity contribution in [2.75, 3.05) is 5.32 Å². The van der Waals surface area contributed by atoms with E-state index in [0.29, 0.717) is 11.3 Å². The molecule has 1 aromatic rings. The van der Waals surface area contributed by atoms with Gasteiger partial charge in [0.25, 0.3) is 0 Å². The third kappa shape index (κ3) is 2.97. The number of hydrogen-bond acceptors (Lipinski definition) is 3. The number of carboxylic acids is 1. The second kappa shape index (κ2) is 4.82. The molecule has 0 spiro atoms. The van der Waals surface area contributed by atoms with E-state index < -0.39 is 5.97 Å². The van der Waals surface area contributed by atoms with Crippen molar-refractivity contribution in [3.05, 3.63) is 17.8 Å². The van der Waals surface area contributed by atoms with Gasteiger partial charge in [0.05, 0.1) is 0 Å². The fourth-order valence-corrected chi connectivity index (χ4v) is 1.09. The van der Waals surface area contributed by atoms with Crippen molar-refractivity contribution in [3.63, 3.8) is 0 Å².